The van der Waals surface area contributed by atoms with Gasteiger partial charge in [-0.15, -0.1) is 0 Å². The molecule has 0 bridgehead atoms. The molecule has 136 valence electrons. The van der Waals surface area contributed by atoms with Crippen LogP contribution in [-0.2, 0) is 16.1 Å². The normalized spacial score (nSPS) is 25.7. The van der Waals surface area contributed by atoms with Crippen LogP contribution in [0.3, 0.4) is 0 Å². The molecule has 3 atom stereocenters. The third-order valence-electron chi connectivity index (χ3n) is 5.07. The summed E-state index contributed by atoms with van der Waals surface area (Å²) in [7, 11) is 0. The molecule has 0 aliphatic carbocycles. The maximum absolute atomic E-state index is 12.4. The number of hydrogen-bond acceptors (Lipinski definition) is 6. The monoisotopic (exact) mass is 353 g/mol. The summed E-state index contributed by atoms with van der Waals surface area (Å²) in [6.07, 6.45) is 6.18. The van der Waals surface area contributed by atoms with E-state index < -0.39 is 6.10 Å². The highest BCUT2D eigenvalue weighted by Crippen LogP contribution is 2.34. The minimum atomic E-state index is -0.413. The van der Waals surface area contributed by atoms with Gasteiger partial charge in [0.1, 0.15) is 6.10 Å². The molecule has 7 heteroatoms. The van der Waals surface area contributed by atoms with Crippen LogP contribution in [0.2, 0.25) is 0 Å². The summed E-state index contributed by atoms with van der Waals surface area (Å²) < 4.78 is 6.07. The average molecular weight is 353 g/mol. The Kier molecular flexibility index (Phi) is 4.90. The first-order valence-electron chi connectivity index (χ1n) is 9.04. The quantitative estimate of drug-likeness (QED) is 0.903. The Balaban J connectivity index is 1.33. The standard InChI is InChI=1S/C19H23N5O2/c1-13-3-2-4-15(22-13)11-24-8-5-14-9-16(26-17(14)12-24)19(25)23-18-10-20-6-7-21-18/h2-4,6-7,10,14,16-17H,5,8-9,11-12H2,1H3,(H,21,23,25)/t14-,16-,17+/m1/s1. The van der Waals surface area contributed by atoms with E-state index in [2.05, 4.69) is 31.2 Å². The van der Waals surface area contributed by atoms with Crippen LogP contribution in [0.15, 0.2) is 36.8 Å². The van der Waals surface area contributed by atoms with E-state index in [1.54, 1.807) is 12.4 Å². The second kappa shape index (κ2) is 7.47. The van der Waals surface area contributed by atoms with Crippen molar-refractivity contribution in [3.63, 3.8) is 0 Å². The lowest BCUT2D eigenvalue weighted by Crippen LogP contribution is -2.42. The SMILES string of the molecule is Cc1cccc(CN2CC[C@@H]3C[C@H](C(=O)Nc4cnccn4)O[C@H]3C2)n1. The number of rotatable bonds is 4. The Labute approximate surface area is 152 Å². The Morgan fingerprint density at radius 3 is 3.12 bits per heavy atom. The fourth-order valence-corrected chi connectivity index (χ4v) is 3.79. The molecular weight excluding hydrogens is 330 g/mol. The number of anilines is 1. The highest BCUT2D eigenvalue weighted by atomic mass is 16.5. The van der Waals surface area contributed by atoms with E-state index in [9.17, 15) is 4.79 Å². The molecule has 2 aliphatic heterocycles. The van der Waals surface area contributed by atoms with Crippen LogP contribution >= 0.6 is 0 Å². The molecule has 2 fully saturated rings. The van der Waals surface area contributed by atoms with Crippen LogP contribution in [0.1, 0.15) is 24.2 Å². The topological polar surface area (TPSA) is 80.2 Å². The van der Waals surface area contributed by atoms with Gasteiger partial charge < -0.3 is 10.1 Å². The maximum atomic E-state index is 12.4. The van der Waals surface area contributed by atoms with Gasteiger partial charge in [-0.05, 0) is 44.4 Å². The van der Waals surface area contributed by atoms with Gasteiger partial charge in [-0.25, -0.2) is 4.98 Å². The predicted molar refractivity (Wildman–Crippen MR) is 96.3 cm³/mol. The molecular formula is C19H23N5O2. The fourth-order valence-electron chi connectivity index (χ4n) is 3.79. The maximum Gasteiger partial charge on any atom is 0.254 e. The van der Waals surface area contributed by atoms with Gasteiger partial charge in [0, 0.05) is 31.2 Å². The van der Waals surface area contributed by atoms with Gasteiger partial charge in [0.15, 0.2) is 5.82 Å². The number of piperidine rings is 1. The summed E-state index contributed by atoms with van der Waals surface area (Å²) >= 11 is 0. The summed E-state index contributed by atoms with van der Waals surface area (Å²) in [6.45, 7) is 4.69. The number of nitrogens with one attached hydrogen (secondary N) is 1. The van der Waals surface area contributed by atoms with E-state index in [1.807, 2.05) is 19.1 Å². The second-order valence-corrected chi connectivity index (χ2v) is 7.03. The molecule has 26 heavy (non-hydrogen) atoms. The molecule has 1 amide bonds. The van der Waals surface area contributed by atoms with E-state index in [0.717, 1.165) is 43.9 Å². The first-order valence-corrected chi connectivity index (χ1v) is 9.04. The summed E-state index contributed by atoms with van der Waals surface area (Å²) in [5.41, 5.74) is 2.12. The summed E-state index contributed by atoms with van der Waals surface area (Å²) in [4.78, 5) is 27.4. The van der Waals surface area contributed by atoms with Gasteiger partial charge in [-0.1, -0.05) is 6.07 Å². The van der Waals surface area contributed by atoms with Gasteiger partial charge in [0.25, 0.3) is 5.91 Å². The predicted octanol–water partition coefficient (Wildman–Crippen LogP) is 1.80. The van der Waals surface area contributed by atoms with Crippen molar-refractivity contribution < 1.29 is 9.53 Å². The zero-order valence-corrected chi connectivity index (χ0v) is 14.8. The van der Waals surface area contributed by atoms with Crippen molar-refractivity contribution in [3.8, 4) is 0 Å². The van der Waals surface area contributed by atoms with Crippen molar-refractivity contribution in [1.82, 2.24) is 19.9 Å². The molecule has 4 rings (SSSR count). The number of carbonyl (C=O) groups excluding carboxylic acids is 1. The largest absolute Gasteiger partial charge is 0.364 e. The molecule has 0 aromatic carbocycles. The molecule has 2 aliphatic rings. The number of hydrogen-bond donors (Lipinski definition) is 1. The van der Waals surface area contributed by atoms with Gasteiger partial charge in [-0.2, -0.15) is 0 Å². The summed E-state index contributed by atoms with van der Waals surface area (Å²) in [6, 6.07) is 6.12. The molecule has 2 aromatic heterocycles. The van der Waals surface area contributed by atoms with E-state index in [-0.39, 0.29) is 12.0 Å². The van der Waals surface area contributed by atoms with Crippen LogP contribution in [0.4, 0.5) is 5.82 Å². The van der Waals surface area contributed by atoms with Crippen molar-refractivity contribution in [2.75, 3.05) is 18.4 Å². The van der Waals surface area contributed by atoms with Crippen LogP contribution in [0.25, 0.3) is 0 Å². The third-order valence-corrected chi connectivity index (χ3v) is 5.07. The molecule has 0 saturated carbocycles. The molecule has 4 heterocycles. The van der Waals surface area contributed by atoms with E-state index in [4.69, 9.17) is 4.74 Å². The molecule has 0 spiro atoms. The minimum absolute atomic E-state index is 0.103. The van der Waals surface area contributed by atoms with Crippen LogP contribution in [-0.4, -0.2) is 51.1 Å². The van der Waals surface area contributed by atoms with Gasteiger partial charge >= 0.3 is 0 Å². The Morgan fingerprint density at radius 1 is 1.38 bits per heavy atom. The van der Waals surface area contributed by atoms with Gasteiger partial charge in [0.2, 0.25) is 0 Å². The zero-order valence-electron chi connectivity index (χ0n) is 14.8. The van der Waals surface area contributed by atoms with Crippen molar-refractivity contribution >= 4 is 11.7 Å². The molecule has 2 saturated heterocycles. The molecule has 0 unspecified atom stereocenters. The number of carbonyl (C=O) groups is 1. The lowest BCUT2D eigenvalue weighted by molar-refractivity contribution is -0.127. The molecule has 7 nitrogen and oxygen atoms in total. The first-order chi connectivity index (χ1) is 12.7. The Bertz CT molecular complexity index is 770. The zero-order chi connectivity index (χ0) is 17.9. The van der Waals surface area contributed by atoms with Crippen LogP contribution < -0.4 is 5.32 Å². The van der Waals surface area contributed by atoms with E-state index in [0.29, 0.717) is 11.7 Å². The summed E-state index contributed by atoms with van der Waals surface area (Å²) in [5, 5.41) is 2.79. The average Bonchev–Trinajstić information content (AvgIpc) is 3.06. The van der Waals surface area contributed by atoms with Crippen molar-refractivity contribution in [2.45, 2.75) is 38.5 Å². The van der Waals surface area contributed by atoms with Crippen LogP contribution in [0, 0.1) is 12.8 Å². The summed E-state index contributed by atoms with van der Waals surface area (Å²) in [5.74, 6) is 0.768. The van der Waals surface area contributed by atoms with Crippen LogP contribution in [0.5, 0.6) is 0 Å². The highest BCUT2D eigenvalue weighted by Gasteiger charge is 2.41. The first kappa shape index (κ1) is 17.1. The second-order valence-electron chi connectivity index (χ2n) is 7.03. The number of amides is 1. The van der Waals surface area contributed by atoms with Gasteiger partial charge in [0.05, 0.1) is 18.0 Å². The van der Waals surface area contributed by atoms with Crippen molar-refractivity contribution in [3.05, 3.63) is 48.2 Å². The number of nitrogens with zero attached hydrogens (tertiary/aromatic N) is 4. The number of ether oxygens (including phenoxy) is 1. The molecule has 1 N–H and O–H groups in total. The van der Waals surface area contributed by atoms with E-state index >= 15 is 0 Å². The number of aryl methyl sites for hydroxylation is 1. The van der Waals surface area contributed by atoms with Crippen molar-refractivity contribution in [1.29, 1.82) is 0 Å². The minimum Gasteiger partial charge on any atom is -0.364 e. The molecule has 0 radical (unpaired) electrons. The third kappa shape index (κ3) is 3.89. The van der Waals surface area contributed by atoms with Gasteiger partial charge in [-0.3, -0.25) is 19.7 Å². The Morgan fingerprint density at radius 2 is 2.31 bits per heavy atom. The highest BCUT2D eigenvalue weighted by molar-refractivity contribution is 5.93. The smallest absolute Gasteiger partial charge is 0.254 e. The number of likely N-dealkylation sites (tertiary alicyclic amines) is 1. The lowest BCUT2D eigenvalue weighted by atomic mass is 9.91. The Hall–Kier alpha value is -2.38. The lowest BCUT2D eigenvalue weighted by Gasteiger charge is -2.33. The number of aromatic nitrogens is 3. The number of fused-ring (bicyclic) bond motifs is 1. The molecule has 2 aromatic rings. The number of pyridine rings is 1. The van der Waals surface area contributed by atoms with E-state index in [1.165, 1.54) is 6.20 Å². The van der Waals surface area contributed by atoms with Crippen molar-refractivity contribution in [2.24, 2.45) is 5.92 Å². The fraction of sp³-hybridized carbons (Fsp3) is 0.474.